The van der Waals surface area contributed by atoms with Gasteiger partial charge in [0.25, 0.3) is 5.78 Å². The van der Waals surface area contributed by atoms with E-state index in [0.29, 0.717) is 23.0 Å². The zero-order valence-corrected chi connectivity index (χ0v) is 13.3. The van der Waals surface area contributed by atoms with Crippen molar-refractivity contribution in [2.45, 2.75) is 6.18 Å². The van der Waals surface area contributed by atoms with Gasteiger partial charge in [0.15, 0.2) is 0 Å². The number of ketones is 1. The summed E-state index contributed by atoms with van der Waals surface area (Å²) in [5.74, 6) is -1.95. The molecule has 0 aliphatic rings. The van der Waals surface area contributed by atoms with E-state index in [2.05, 4.69) is 21.2 Å². The van der Waals surface area contributed by atoms with Gasteiger partial charge in [-0.1, -0.05) is 40.2 Å². The Labute approximate surface area is 139 Å². The molecule has 0 aliphatic heterocycles. The van der Waals surface area contributed by atoms with Crippen LogP contribution >= 0.6 is 15.9 Å². The van der Waals surface area contributed by atoms with Crippen molar-refractivity contribution in [1.82, 2.24) is 0 Å². The van der Waals surface area contributed by atoms with E-state index in [4.69, 9.17) is 5.73 Å². The molecule has 3 nitrogen and oxygen atoms in total. The minimum atomic E-state index is -4.94. The summed E-state index contributed by atoms with van der Waals surface area (Å²) >= 11 is 3.25. The SMILES string of the molecule is Nc1ccccc1N/C(=C\C(=O)C(F)(F)F)c1ccc(Br)cc1. The van der Waals surface area contributed by atoms with E-state index >= 15 is 0 Å². The summed E-state index contributed by atoms with van der Waals surface area (Å²) in [6.45, 7) is 0. The zero-order chi connectivity index (χ0) is 17.0. The first-order chi connectivity index (χ1) is 10.8. The lowest BCUT2D eigenvalue weighted by atomic mass is 10.1. The predicted molar refractivity (Wildman–Crippen MR) is 87.7 cm³/mol. The van der Waals surface area contributed by atoms with Crippen molar-refractivity contribution in [3.8, 4) is 0 Å². The van der Waals surface area contributed by atoms with Crippen molar-refractivity contribution in [3.63, 3.8) is 0 Å². The van der Waals surface area contributed by atoms with Gasteiger partial charge in [-0.3, -0.25) is 4.79 Å². The number of nitrogens with one attached hydrogen (secondary N) is 1. The predicted octanol–water partition coefficient (Wildman–Crippen LogP) is 4.62. The van der Waals surface area contributed by atoms with Crippen LogP contribution < -0.4 is 11.1 Å². The Kier molecular flexibility index (Phi) is 5.10. The van der Waals surface area contributed by atoms with Gasteiger partial charge in [-0.15, -0.1) is 0 Å². The fourth-order valence-electron chi connectivity index (χ4n) is 1.79. The number of allylic oxidation sites excluding steroid dienone is 1. The molecule has 3 N–H and O–H groups in total. The summed E-state index contributed by atoms with van der Waals surface area (Å²) in [5.41, 5.74) is 6.99. The first-order valence-electron chi connectivity index (χ1n) is 6.47. The molecule has 2 rings (SSSR count). The molecule has 0 amide bonds. The van der Waals surface area contributed by atoms with Gasteiger partial charge in [0.2, 0.25) is 0 Å². The Morgan fingerprint density at radius 2 is 1.70 bits per heavy atom. The fraction of sp³-hybridized carbons (Fsp3) is 0.0625. The number of hydrogen-bond acceptors (Lipinski definition) is 3. The molecule has 0 atom stereocenters. The number of halogens is 4. The molecule has 0 fully saturated rings. The van der Waals surface area contributed by atoms with Gasteiger partial charge >= 0.3 is 6.18 Å². The molecule has 0 spiro atoms. The van der Waals surface area contributed by atoms with Crippen LogP contribution in [0.5, 0.6) is 0 Å². The lowest BCUT2D eigenvalue weighted by molar-refractivity contribution is -0.165. The molecule has 0 heterocycles. The van der Waals surface area contributed by atoms with Gasteiger partial charge in [-0.05, 0) is 29.8 Å². The zero-order valence-electron chi connectivity index (χ0n) is 11.7. The highest BCUT2D eigenvalue weighted by Crippen LogP contribution is 2.26. The summed E-state index contributed by atoms with van der Waals surface area (Å²) < 4.78 is 38.4. The van der Waals surface area contributed by atoms with Gasteiger partial charge in [0.05, 0.1) is 11.4 Å². The summed E-state index contributed by atoms with van der Waals surface area (Å²) in [6.07, 6.45) is -4.42. The molecule has 0 aliphatic carbocycles. The molecule has 2 aromatic carbocycles. The first kappa shape index (κ1) is 17.1. The molecule has 0 saturated heterocycles. The standard InChI is InChI=1S/C16H12BrF3N2O/c17-11-7-5-10(6-8-11)14(9-15(23)16(18,19)20)22-13-4-2-1-3-12(13)21/h1-9,22H,21H2/b14-9-. The summed E-state index contributed by atoms with van der Waals surface area (Å²) in [4.78, 5) is 11.3. The average Bonchev–Trinajstić information content (AvgIpc) is 2.48. The molecule has 0 saturated carbocycles. The molecular weight excluding hydrogens is 373 g/mol. The second-order valence-corrected chi connectivity index (χ2v) is 5.55. The van der Waals surface area contributed by atoms with E-state index in [0.717, 1.165) is 4.47 Å². The van der Waals surface area contributed by atoms with Crippen molar-refractivity contribution < 1.29 is 18.0 Å². The largest absolute Gasteiger partial charge is 0.454 e. The van der Waals surface area contributed by atoms with E-state index in [-0.39, 0.29) is 5.70 Å². The van der Waals surface area contributed by atoms with Crippen molar-refractivity contribution in [3.05, 3.63) is 64.6 Å². The molecule has 7 heteroatoms. The first-order valence-corrected chi connectivity index (χ1v) is 7.27. The average molecular weight is 385 g/mol. The number of alkyl halides is 3. The lowest BCUT2D eigenvalue weighted by Gasteiger charge is -2.14. The number of rotatable bonds is 4. The van der Waals surface area contributed by atoms with Gasteiger partial charge in [-0.25, -0.2) is 0 Å². The van der Waals surface area contributed by atoms with Crippen molar-refractivity contribution in [1.29, 1.82) is 0 Å². The molecule has 0 radical (unpaired) electrons. The summed E-state index contributed by atoms with van der Waals surface area (Å²) in [5, 5.41) is 2.79. The van der Waals surface area contributed by atoms with E-state index in [1.807, 2.05) is 0 Å². The van der Waals surface area contributed by atoms with Crippen LogP contribution in [0.25, 0.3) is 5.70 Å². The van der Waals surface area contributed by atoms with Crippen LogP contribution in [-0.4, -0.2) is 12.0 Å². The van der Waals surface area contributed by atoms with Crippen LogP contribution in [0.4, 0.5) is 24.5 Å². The normalized spacial score (nSPS) is 12.1. The number of para-hydroxylation sites is 2. The number of carbonyl (C=O) groups is 1. The minimum Gasteiger partial charge on any atom is -0.397 e. The number of anilines is 2. The lowest BCUT2D eigenvalue weighted by Crippen LogP contribution is -2.21. The third kappa shape index (κ3) is 4.59. The van der Waals surface area contributed by atoms with Crippen LogP contribution in [0.2, 0.25) is 0 Å². The maximum Gasteiger partial charge on any atom is 0.454 e. The second kappa shape index (κ2) is 6.87. The Bertz CT molecular complexity index is 740. The van der Waals surface area contributed by atoms with Gasteiger partial charge in [-0.2, -0.15) is 13.2 Å². The summed E-state index contributed by atoms with van der Waals surface area (Å²) in [6, 6.07) is 13.1. The maximum absolute atomic E-state index is 12.6. The Morgan fingerprint density at radius 1 is 1.09 bits per heavy atom. The maximum atomic E-state index is 12.6. The van der Waals surface area contributed by atoms with Crippen LogP contribution in [-0.2, 0) is 4.79 Å². The molecule has 120 valence electrons. The van der Waals surface area contributed by atoms with E-state index in [1.54, 1.807) is 48.5 Å². The van der Waals surface area contributed by atoms with Crippen molar-refractivity contribution >= 4 is 38.8 Å². The fourth-order valence-corrected chi connectivity index (χ4v) is 2.05. The number of benzene rings is 2. The Balaban J connectivity index is 2.43. The van der Waals surface area contributed by atoms with Crippen LogP contribution in [0, 0.1) is 0 Å². The van der Waals surface area contributed by atoms with Crippen LogP contribution in [0.1, 0.15) is 5.56 Å². The molecule has 23 heavy (non-hydrogen) atoms. The number of nitrogen functional groups attached to an aromatic ring is 1. The quantitative estimate of drug-likeness (QED) is 0.597. The highest BCUT2D eigenvalue weighted by Gasteiger charge is 2.36. The number of carbonyl (C=O) groups excluding carboxylic acids is 1. The smallest absolute Gasteiger partial charge is 0.397 e. The van der Waals surface area contributed by atoms with Crippen LogP contribution in [0.3, 0.4) is 0 Å². The number of nitrogens with two attached hydrogens (primary N) is 1. The monoisotopic (exact) mass is 384 g/mol. The minimum absolute atomic E-state index is 0.0118. The molecular formula is C16H12BrF3N2O. The Hall–Kier alpha value is -2.28. The number of hydrogen-bond donors (Lipinski definition) is 2. The third-order valence-corrected chi connectivity index (χ3v) is 3.47. The molecule has 0 aromatic heterocycles. The van der Waals surface area contributed by atoms with E-state index < -0.39 is 12.0 Å². The van der Waals surface area contributed by atoms with E-state index in [1.165, 1.54) is 0 Å². The van der Waals surface area contributed by atoms with Gasteiger partial charge in [0, 0.05) is 16.2 Å². The molecule has 2 aromatic rings. The van der Waals surface area contributed by atoms with Crippen molar-refractivity contribution in [2.24, 2.45) is 0 Å². The molecule has 0 bridgehead atoms. The topological polar surface area (TPSA) is 55.1 Å². The molecule has 0 unspecified atom stereocenters. The Morgan fingerprint density at radius 3 is 2.26 bits per heavy atom. The second-order valence-electron chi connectivity index (χ2n) is 4.64. The van der Waals surface area contributed by atoms with Crippen molar-refractivity contribution in [2.75, 3.05) is 11.1 Å². The van der Waals surface area contributed by atoms with Gasteiger partial charge in [0.1, 0.15) is 0 Å². The third-order valence-electron chi connectivity index (χ3n) is 2.94. The highest BCUT2D eigenvalue weighted by atomic mass is 79.9. The highest BCUT2D eigenvalue weighted by molar-refractivity contribution is 9.10. The van der Waals surface area contributed by atoms with Gasteiger partial charge < -0.3 is 11.1 Å². The van der Waals surface area contributed by atoms with Crippen LogP contribution in [0.15, 0.2) is 59.1 Å². The van der Waals surface area contributed by atoms with E-state index in [9.17, 15) is 18.0 Å². The summed E-state index contributed by atoms with van der Waals surface area (Å²) in [7, 11) is 0.